The SMILES string of the molecule is CC(=O)Nc1ccc(-n2nc(CO)nc2-c2ccc3c(c2)OCO3)cc1. The van der Waals surface area contributed by atoms with Crippen molar-refractivity contribution in [1.29, 1.82) is 0 Å². The Labute approximate surface area is 149 Å². The van der Waals surface area contributed by atoms with Crippen LogP contribution in [0, 0.1) is 0 Å². The second-order valence-corrected chi connectivity index (χ2v) is 5.72. The zero-order valence-corrected chi connectivity index (χ0v) is 14.0. The van der Waals surface area contributed by atoms with E-state index in [9.17, 15) is 9.90 Å². The lowest BCUT2D eigenvalue weighted by Crippen LogP contribution is -2.06. The van der Waals surface area contributed by atoms with E-state index in [-0.39, 0.29) is 19.3 Å². The van der Waals surface area contributed by atoms with Gasteiger partial charge in [0.15, 0.2) is 23.1 Å². The zero-order valence-electron chi connectivity index (χ0n) is 14.0. The summed E-state index contributed by atoms with van der Waals surface area (Å²) < 4.78 is 12.4. The fourth-order valence-corrected chi connectivity index (χ4v) is 2.71. The number of hydrogen-bond acceptors (Lipinski definition) is 6. The molecule has 8 nitrogen and oxygen atoms in total. The van der Waals surface area contributed by atoms with Gasteiger partial charge in [0.25, 0.3) is 0 Å². The lowest BCUT2D eigenvalue weighted by Gasteiger charge is -2.08. The summed E-state index contributed by atoms with van der Waals surface area (Å²) in [6, 6.07) is 12.7. The molecule has 0 radical (unpaired) electrons. The fraction of sp³-hybridized carbons (Fsp3) is 0.167. The fourth-order valence-electron chi connectivity index (χ4n) is 2.71. The van der Waals surface area contributed by atoms with E-state index in [0.29, 0.717) is 28.8 Å². The van der Waals surface area contributed by atoms with Gasteiger partial charge in [-0.25, -0.2) is 9.67 Å². The zero-order chi connectivity index (χ0) is 18.1. The molecule has 1 aliphatic heterocycles. The number of fused-ring (bicyclic) bond motifs is 1. The van der Waals surface area contributed by atoms with Gasteiger partial charge in [0.05, 0.1) is 5.69 Å². The van der Waals surface area contributed by atoms with Crippen LogP contribution in [0.5, 0.6) is 11.5 Å². The second kappa shape index (κ2) is 6.49. The van der Waals surface area contributed by atoms with Crippen molar-refractivity contribution < 1.29 is 19.4 Å². The maximum absolute atomic E-state index is 11.2. The number of nitrogens with one attached hydrogen (secondary N) is 1. The molecule has 3 aromatic rings. The molecular weight excluding hydrogens is 336 g/mol. The molecular formula is C18H16N4O4. The maximum Gasteiger partial charge on any atom is 0.231 e. The number of benzene rings is 2. The highest BCUT2D eigenvalue weighted by molar-refractivity contribution is 5.88. The van der Waals surface area contributed by atoms with Gasteiger partial charge in [0.1, 0.15) is 6.61 Å². The van der Waals surface area contributed by atoms with Gasteiger partial charge in [0.2, 0.25) is 12.7 Å². The molecule has 26 heavy (non-hydrogen) atoms. The third-order valence-electron chi connectivity index (χ3n) is 3.86. The number of nitrogens with zero attached hydrogens (tertiary/aromatic N) is 3. The van der Waals surface area contributed by atoms with Crippen LogP contribution in [0.15, 0.2) is 42.5 Å². The van der Waals surface area contributed by atoms with Gasteiger partial charge >= 0.3 is 0 Å². The number of aliphatic hydroxyl groups is 1. The molecule has 132 valence electrons. The van der Waals surface area contributed by atoms with Gasteiger partial charge in [-0.05, 0) is 42.5 Å². The number of amides is 1. The molecule has 0 bridgehead atoms. The standard InChI is InChI=1S/C18H16N4O4/c1-11(24)19-13-3-5-14(6-4-13)22-18(20-17(9-23)21-22)12-2-7-15-16(8-12)26-10-25-15/h2-8,23H,9-10H2,1H3,(H,19,24). The smallest absolute Gasteiger partial charge is 0.231 e. The molecule has 0 spiro atoms. The van der Waals surface area contributed by atoms with E-state index in [1.165, 1.54) is 6.92 Å². The summed E-state index contributed by atoms with van der Waals surface area (Å²) in [6.45, 7) is 1.38. The summed E-state index contributed by atoms with van der Waals surface area (Å²) in [5.74, 6) is 2.07. The average molecular weight is 352 g/mol. The summed E-state index contributed by atoms with van der Waals surface area (Å²) >= 11 is 0. The molecule has 1 amide bonds. The van der Waals surface area contributed by atoms with E-state index in [0.717, 1.165) is 11.3 Å². The Kier molecular flexibility index (Phi) is 4.02. The Morgan fingerprint density at radius 3 is 2.69 bits per heavy atom. The second-order valence-electron chi connectivity index (χ2n) is 5.72. The van der Waals surface area contributed by atoms with Crippen molar-refractivity contribution in [3.63, 3.8) is 0 Å². The number of carbonyl (C=O) groups is 1. The van der Waals surface area contributed by atoms with E-state index < -0.39 is 0 Å². The summed E-state index contributed by atoms with van der Waals surface area (Å²) in [5.41, 5.74) is 2.22. The van der Waals surface area contributed by atoms with Crippen molar-refractivity contribution in [2.45, 2.75) is 13.5 Å². The first-order valence-corrected chi connectivity index (χ1v) is 7.99. The monoisotopic (exact) mass is 352 g/mol. The summed E-state index contributed by atoms with van der Waals surface area (Å²) in [4.78, 5) is 15.6. The first-order chi connectivity index (χ1) is 12.6. The molecule has 2 heterocycles. The van der Waals surface area contributed by atoms with Gasteiger partial charge in [-0.3, -0.25) is 4.79 Å². The van der Waals surface area contributed by atoms with E-state index in [1.54, 1.807) is 16.8 Å². The van der Waals surface area contributed by atoms with Gasteiger partial charge in [-0.15, -0.1) is 5.10 Å². The Morgan fingerprint density at radius 2 is 1.96 bits per heavy atom. The van der Waals surface area contributed by atoms with Crippen molar-refractivity contribution in [2.75, 3.05) is 12.1 Å². The molecule has 0 fully saturated rings. The molecule has 2 N–H and O–H groups in total. The van der Waals surface area contributed by atoms with Crippen LogP contribution in [0.4, 0.5) is 5.69 Å². The highest BCUT2D eigenvalue weighted by Crippen LogP contribution is 2.36. The minimum Gasteiger partial charge on any atom is -0.454 e. The third kappa shape index (κ3) is 2.98. The van der Waals surface area contributed by atoms with E-state index in [4.69, 9.17) is 9.47 Å². The molecule has 0 aliphatic carbocycles. The van der Waals surface area contributed by atoms with Crippen LogP contribution < -0.4 is 14.8 Å². The molecule has 0 saturated heterocycles. The molecule has 0 unspecified atom stereocenters. The largest absolute Gasteiger partial charge is 0.454 e. The summed E-state index contributed by atoms with van der Waals surface area (Å²) in [5, 5.41) is 16.5. The molecule has 1 aromatic heterocycles. The van der Waals surface area contributed by atoms with Crippen LogP contribution in [0.1, 0.15) is 12.7 Å². The van der Waals surface area contributed by atoms with Crippen LogP contribution in [-0.4, -0.2) is 32.6 Å². The average Bonchev–Trinajstić information content (AvgIpc) is 3.28. The van der Waals surface area contributed by atoms with E-state index in [2.05, 4.69) is 15.4 Å². The molecule has 0 saturated carbocycles. The van der Waals surface area contributed by atoms with Crippen molar-refractivity contribution in [3.05, 3.63) is 48.3 Å². The number of anilines is 1. The van der Waals surface area contributed by atoms with Crippen molar-refractivity contribution >= 4 is 11.6 Å². The Bertz CT molecular complexity index is 966. The van der Waals surface area contributed by atoms with Gasteiger partial charge in [0, 0.05) is 18.2 Å². The molecule has 8 heteroatoms. The lowest BCUT2D eigenvalue weighted by atomic mass is 10.2. The van der Waals surface area contributed by atoms with E-state index >= 15 is 0 Å². The number of hydrogen-bond donors (Lipinski definition) is 2. The van der Waals surface area contributed by atoms with Crippen LogP contribution in [-0.2, 0) is 11.4 Å². The highest BCUT2D eigenvalue weighted by Gasteiger charge is 2.18. The number of aromatic nitrogens is 3. The normalized spacial score (nSPS) is 12.2. The molecule has 1 aliphatic rings. The number of ether oxygens (including phenoxy) is 2. The summed E-state index contributed by atoms with van der Waals surface area (Å²) in [6.07, 6.45) is 0. The Balaban J connectivity index is 1.75. The number of rotatable bonds is 4. The topological polar surface area (TPSA) is 98.5 Å². The van der Waals surface area contributed by atoms with Crippen LogP contribution in [0.2, 0.25) is 0 Å². The van der Waals surface area contributed by atoms with Crippen molar-refractivity contribution in [3.8, 4) is 28.6 Å². The Hall–Kier alpha value is -3.39. The van der Waals surface area contributed by atoms with E-state index in [1.807, 2.05) is 30.3 Å². The van der Waals surface area contributed by atoms with Gasteiger partial charge < -0.3 is 19.9 Å². The minimum absolute atomic E-state index is 0.137. The van der Waals surface area contributed by atoms with Crippen molar-refractivity contribution in [2.24, 2.45) is 0 Å². The predicted molar refractivity (Wildman–Crippen MR) is 93.1 cm³/mol. The number of carbonyl (C=O) groups excluding carboxylic acids is 1. The third-order valence-corrected chi connectivity index (χ3v) is 3.86. The van der Waals surface area contributed by atoms with Crippen molar-refractivity contribution in [1.82, 2.24) is 14.8 Å². The molecule has 4 rings (SSSR count). The first kappa shape index (κ1) is 16.1. The van der Waals surface area contributed by atoms with Crippen LogP contribution in [0.25, 0.3) is 17.1 Å². The molecule has 2 aromatic carbocycles. The molecule has 0 atom stereocenters. The Morgan fingerprint density at radius 1 is 1.19 bits per heavy atom. The lowest BCUT2D eigenvalue weighted by molar-refractivity contribution is -0.114. The number of aliphatic hydroxyl groups excluding tert-OH is 1. The quantitative estimate of drug-likeness (QED) is 0.746. The highest BCUT2D eigenvalue weighted by atomic mass is 16.7. The maximum atomic E-state index is 11.2. The van der Waals surface area contributed by atoms with Crippen LogP contribution >= 0.6 is 0 Å². The van der Waals surface area contributed by atoms with Gasteiger partial charge in [-0.2, -0.15) is 0 Å². The minimum atomic E-state index is -0.269. The van der Waals surface area contributed by atoms with Crippen LogP contribution in [0.3, 0.4) is 0 Å². The van der Waals surface area contributed by atoms with Gasteiger partial charge in [-0.1, -0.05) is 0 Å². The summed E-state index contributed by atoms with van der Waals surface area (Å²) in [7, 11) is 0. The first-order valence-electron chi connectivity index (χ1n) is 7.99. The predicted octanol–water partition coefficient (Wildman–Crippen LogP) is 2.11.